The van der Waals surface area contributed by atoms with E-state index in [4.69, 9.17) is 9.26 Å². The summed E-state index contributed by atoms with van der Waals surface area (Å²) in [6, 6.07) is 9.39. The van der Waals surface area contributed by atoms with Crippen LogP contribution in [-0.4, -0.2) is 28.6 Å². The molecule has 0 bridgehead atoms. The largest absolute Gasteiger partial charge is 0.456 e. The molecule has 2 aromatic heterocycles. The number of esters is 1. The summed E-state index contributed by atoms with van der Waals surface area (Å²) in [6.45, 7) is 3.62. The number of nitrogens with one attached hydrogen (secondary N) is 1. The zero-order chi connectivity index (χ0) is 19.2. The molecule has 2 heterocycles. The van der Waals surface area contributed by atoms with E-state index in [9.17, 15) is 9.59 Å². The van der Waals surface area contributed by atoms with Gasteiger partial charge in [0.25, 0.3) is 5.91 Å². The van der Waals surface area contributed by atoms with Crippen molar-refractivity contribution >= 4 is 28.9 Å². The van der Waals surface area contributed by atoms with Crippen LogP contribution >= 0.6 is 11.3 Å². The minimum absolute atomic E-state index is 0.0585. The summed E-state index contributed by atoms with van der Waals surface area (Å²) in [5.74, 6) is -0.0263. The summed E-state index contributed by atoms with van der Waals surface area (Å²) in [5.41, 5.74) is 2.89. The van der Waals surface area contributed by atoms with Crippen molar-refractivity contribution in [3.05, 3.63) is 52.7 Å². The monoisotopic (exact) mass is 385 g/mol. The Hall–Kier alpha value is -3.00. The lowest BCUT2D eigenvalue weighted by Crippen LogP contribution is -2.21. The predicted molar refractivity (Wildman–Crippen MR) is 101 cm³/mol. The SMILES string of the molecule is Cc1ccc(NC(=O)COC(=O)CCc2nc(-c3cccs3)no2)cc1C. The van der Waals surface area contributed by atoms with E-state index in [1.54, 1.807) is 0 Å². The number of aryl methyl sites for hydroxylation is 3. The highest BCUT2D eigenvalue weighted by Gasteiger charge is 2.13. The number of hydrogen-bond donors (Lipinski definition) is 1. The summed E-state index contributed by atoms with van der Waals surface area (Å²) in [6.07, 6.45) is 0.318. The van der Waals surface area contributed by atoms with Crippen molar-refractivity contribution < 1.29 is 18.8 Å². The molecule has 0 aliphatic rings. The van der Waals surface area contributed by atoms with Gasteiger partial charge in [-0.1, -0.05) is 17.3 Å². The van der Waals surface area contributed by atoms with Crippen LogP contribution in [-0.2, 0) is 20.7 Å². The lowest BCUT2D eigenvalue weighted by atomic mass is 10.1. The molecule has 0 spiro atoms. The Morgan fingerprint density at radius 2 is 2.07 bits per heavy atom. The molecule has 0 saturated carbocycles. The van der Waals surface area contributed by atoms with E-state index >= 15 is 0 Å². The Morgan fingerprint density at radius 1 is 1.22 bits per heavy atom. The fraction of sp³-hybridized carbons (Fsp3) is 0.263. The topological polar surface area (TPSA) is 94.3 Å². The predicted octanol–water partition coefficient (Wildman–Crippen LogP) is 3.53. The molecule has 0 unspecified atom stereocenters. The van der Waals surface area contributed by atoms with E-state index < -0.39 is 5.97 Å². The second-order valence-corrected chi connectivity index (χ2v) is 6.94. The van der Waals surface area contributed by atoms with Gasteiger partial charge in [-0.05, 0) is 48.6 Å². The molecule has 0 radical (unpaired) electrons. The average Bonchev–Trinajstić information content (AvgIpc) is 3.32. The first kappa shape index (κ1) is 18.8. The number of thiophene rings is 1. The Bertz CT molecular complexity index is 934. The van der Waals surface area contributed by atoms with Crippen molar-refractivity contribution in [1.29, 1.82) is 0 Å². The van der Waals surface area contributed by atoms with Crippen LogP contribution in [0.5, 0.6) is 0 Å². The van der Waals surface area contributed by atoms with Gasteiger partial charge in [0.2, 0.25) is 11.7 Å². The Kier molecular flexibility index (Phi) is 5.97. The summed E-state index contributed by atoms with van der Waals surface area (Å²) in [7, 11) is 0. The van der Waals surface area contributed by atoms with E-state index in [1.807, 2.05) is 49.6 Å². The number of nitrogens with zero attached hydrogens (tertiary/aromatic N) is 2. The van der Waals surface area contributed by atoms with Crippen molar-refractivity contribution in [3.8, 4) is 10.7 Å². The summed E-state index contributed by atoms with van der Waals surface area (Å²) in [4.78, 5) is 28.8. The second kappa shape index (κ2) is 8.59. The first-order valence-electron chi connectivity index (χ1n) is 8.40. The van der Waals surface area contributed by atoms with Crippen molar-refractivity contribution in [1.82, 2.24) is 10.1 Å². The van der Waals surface area contributed by atoms with E-state index in [0.717, 1.165) is 16.0 Å². The van der Waals surface area contributed by atoms with E-state index in [1.165, 1.54) is 11.3 Å². The summed E-state index contributed by atoms with van der Waals surface area (Å²) in [5, 5.41) is 8.50. The van der Waals surface area contributed by atoms with Crippen LogP contribution in [0.15, 0.2) is 40.2 Å². The standard InChI is InChI=1S/C19H19N3O4S/c1-12-5-6-14(10-13(12)2)20-16(23)11-25-18(24)8-7-17-21-19(22-26-17)15-4-3-9-27-15/h3-6,9-10H,7-8,11H2,1-2H3,(H,20,23). The molecule has 140 valence electrons. The molecule has 7 nitrogen and oxygen atoms in total. The molecular formula is C19H19N3O4S. The zero-order valence-electron chi connectivity index (χ0n) is 15.0. The van der Waals surface area contributed by atoms with Crippen molar-refractivity contribution in [2.75, 3.05) is 11.9 Å². The highest BCUT2D eigenvalue weighted by atomic mass is 32.1. The minimum atomic E-state index is -0.499. The number of anilines is 1. The van der Waals surface area contributed by atoms with Crippen LogP contribution in [0.25, 0.3) is 10.7 Å². The van der Waals surface area contributed by atoms with Crippen molar-refractivity contribution in [3.63, 3.8) is 0 Å². The molecule has 1 N–H and O–H groups in total. The van der Waals surface area contributed by atoms with E-state index in [-0.39, 0.29) is 25.4 Å². The fourth-order valence-corrected chi connectivity index (χ4v) is 2.95. The minimum Gasteiger partial charge on any atom is -0.456 e. The first-order chi connectivity index (χ1) is 13.0. The van der Waals surface area contributed by atoms with Gasteiger partial charge in [-0.15, -0.1) is 11.3 Å². The van der Waals surface area contributed by atoms with Gasteiger partial charge < -0.3 is 14.6 Å². The average molecular weight is 385 g/mol. The summed E-state index contributed by atoms with van der Waals surface area (Å²) < 4.78 is 10.1. The maximum absolute atomic E-state index is 11.9. The number of carbonyl (C=O) groups excluding carboxylic acids is 2. The molecule has 0 atom stereocenters. The van der Waals surface area contributed by atoms with Crippen LogP contribution in [0.2, 0.25) is 0 Å². The van der Waals surface area contributed by atoms with E-state index in [0.29, 0.717) is 17.4 Å². The molecule has 1 amide bonds. The van der Waals surface area contributed by atoms with Gasteiger partial charge in [0.05, 0.1) is 11.3 Å². The third-order valence-electron chi connectivity index (χ3n) is 3.91. The van der Waals surface area contributed by atoms with Gasteiger partial charge in [-0.25, -0.2) is 0 Å². The van der Waals surface area contributed by atoms with Gasteiger partial charge in [0, 0.05) is 12.1 Å². The number of benzene rings is 1. The Balaban J connectivity index is 1.41. The molecule has 0 fully saturated rings. The number of amides is 1. The second-order valence-electron chi connectivity index (χ2n) is 6.00. The molecule has 0 saturated heterocycles. The smallest absolute Gasteiger partial charge is 0.306 e. The third kappa shape index (κ3) is 5.24. The van der Waals surface area contributed by atoms with E-state index in [2.05, 4.69) is 15.5 Å². The number of aromatic nitrogens is 2. The number of hydrogen-bond acceptors (Lipinski definition) is 7. The van der Waals surface area contributed by atoms with Gasteiger partial charge in [0.1, 0.15) is 0 Å². The lowest BCUT2D eigenvalue weighted by Gasteiger charge is -2.08. The van der Waals surface area contributed by atoms with Gasteiger partial charge in [-0.3, -0.25) is 9.59 Å². The molecule has 8 heteroatoms. The molecule has 3 aromatic rings. The fourth-order valence-electron chi connectivity index (χ4n) is 2.31. The lowest BCUT2D eigenvalue weighted by molar-refractivity contribution is -0.147. The first-order valence-corrected chi connectivity index (χ1v) is 9.28. The molecule has 27 heavy (non-hydrogen) atoms. The molecular weight excluding hydrogens is 366 g/mol. The molecule has 0 aliphatic carbocycles. The third-order valence-corrected chi connectivity index (χ3v) is 4.77. The highest BCUT2D eigenvalue weighted by molar-refractivity contribution is 7.13. The number of ether oxygens (including phenoxy) is 1. The summed E-state index contributed by atoms with van der Waals surface area (Å²) >= 11 is 1.51. The Labute approximate surface area is 160 Å². The van der Waals surface area contributed by atoms with Crippen molar-refractivity contribution in [2.24, 2.45) is 0 Å². The van der Waals surface area contributed by atoms with Gasteiger partial charge in [-0.2, -0.15) is 4.98 Å². The maximum atomic E-state index is 11.9. The highest BCUT2D eigenvalue weighted by Crippen LogP contribution is 2.21. The van der Waals surface area contributed by atoms with Gasteiger partial charge >= 0.3 is 5.97 Å². The van der Waals surface area contributed by atoms with Crippen LogP contribution in [0.4, 0.5) is 5.69 Å². The molecule has 0 aliphatic heterocycles. The maximum Gasteiger partial charge on any atom is 0.306 e. The Morgan fingerprint density at radius 3 is 2.81 bits per heavy atom. The number of carbonyl (C=O) groups is 2. The van der Waals surface area contributed by atoms with Crippen LogP contribution in [0.1, 0.15) is 23.4 Å². The van der Waals surface area contributed by atoms with Crippen LogP contribution < -0.4 is 5.32 Å². The molecule has 3 rings (SSSR count). The van der Waals surface area contributed by atoms with Crippen LogP contribution in [0.3, 0.4) is 0 Å². The van der Waals surface area contributed by atoms with Gasteiger partial charge in [0.15, 0.2) is 6.61 Å². The molecule has 1 aromatic carbocycles. The van der Waals surface area contributed by atoms with Crippen molar-refractivity contribution in [2.45, 2.75) is 26.7 Å². The van der Waals surface area contributed by atoms with Crippen LogP contribution in [0, 0.1) is 13.8 Å². The number of rotatable bonds is 7. The zero-order valence-corrected chi connectivity index (χ0v) is 15.8. The quantitative estimate of drug-likeness (QED) is 0.625. The normalized spacial score (nSPS) is 10.6.